The summed E-state index contributed by atoms with van der Waals surface area (Å²) in [6.45, 7) is 1.17. The molecule has 1 saturated carbocycles. The molecule has 0 radical (unpaired) electrons. The van der Waals surface area contributed by atoms with Crippen LogP contribution in [0.2, 0.25) is 0 Å². The van der Waals surface area contributed by atoms with Crippen molar-refractivity contribution in [2.45, 2.75) is 80.1 Å². The SMILES string of the molecule is C[C@H]1CCC/C=C/[C@@H]2C[C@H](OC(=O)CCC(=O)OCCOc3no[n+]([O-])c3S(=O)(=O)c3ccccc3)C[C@H]2[C@H](O)/C=C/C(=O)O1. The van der Waals surface area contributed by atoms with Gasteiger partial charge < -0.3 is 29.3 Å². The first-order chi connectivity index (χ1) is 21.5. The standard InChI is InChI=1S/C30H36N2O12S/c1-20-8-4-2-5-9-21-18-22(19-24(21)25(33)12-13-27(35)42-20)43-28(36)15-14-26(34)40-16-17-41-29-30(32(37)44-31-29)45(38,39)23-10-6-3-7-11-23/h3,5-7,9-13,20-22,24-25,33H,2,4,8,14-19H2,1H3/b9-5+,13-12+/t20-,21+,22-,24+,25+/m0/s1. The molecule has 2 aliphatic rings. The number of nitrogens with zero attached hydrogens (tertiary/aromatic N) is 2. The highest BCUT2D eigenvalue weighted by Gasteiger charge is 2.38. The quantitative estimate of drug-likeness (QED) is 0.130. The summed E-state index contributed by atoms with van der Waals surface area (Å²) in [5.41, 5.74) is 0. The Morgan fingerprint density at radius 1 is 1.11 bits per heavy atom. The third-order valence-electron chi connectivity index (χ3n) is 7.44. The van der Waals surface area contributed by atoms with Gasteiger partial charge in [0.25, 0.3) is 9.84 Å². The maximum absolute atomic E-state index is 12.8. The number of cyclic esters (lactones) is 1. The second kappa shape index (κ2) is 15.7. The lowest BCUT2D eigenvalue weighted by Crippen LogP contribution is -2.31. The first kappa shape index (κ1) is 33.6. The van der Waals surface area contributed by atoms with E-state index in [9.17, 15) is 33.1 Å². The summed E-state index contributed by atoms with van der Waals surface area (Å²) < 4.78 is 51.1. The minimum atomic E-state index is -4.29. The topological polar surface area (TPSA) is 195 Å². The molecule has 45 heavy (non-hydrogen) atoms. The zero-order valence-corrected chi connectivity index (χ0v) is 25.5. The second-order valence-electron chi connectivity index (χ2n) is 10.8. The molecule has 1 aliphatic heterocycles. The lowest BCUT2D eigenvalue weighted by Gasteiger charge is -2.19. The van der Waals surface area contributed by atoms with Gasteiger partial charge in [-0.2, -0.15) is 0 Å². The van der Waals surface area contributed by atoms with E-state index in [4.69, 9.17) is 18.9 Å². The van der Waals surface area contributed by atoms with Gasteiger partial charge in [0, 0.05) is 6.08 Å². The van der Waals surface area contributed by atoms with Crippen LogP contribution >= 0.6 is 0 Å². The number of sulfone groups is 1. The maximum atomic E-state index is 12.8. The van der Waals surface area contributed by atoms with Crippen LogP contribution in [0.4, 0.5) is 0 Å². The average molecular weight is 649 g/mol. The minimum Gasteiger partial charge on any atom is -0.462 e. The molecule has 0 bridgehead atoms. The van der Waals surface area contributed by atoms with E-state index < -0.39 is 50.9 Å². The number of allylic oxidation sites excluding steroid dienone is 2. The molecule has 5 atom stereocenters. The molecule has 1 aromatic carbocycles. The van der Waals surface area contributed by atoms with Crippen molar-refractivity contribution in [3.05, 3.63) is 59.8 Å². The van der Waals surface area contributed by atoms with Gasteiger partial charge in [0.05, 0.1) is 35.1 Å². The minimum absolute atomic E-state index is 0.0642. The van der Waals surface area contributed by atoms with E-state index in [1.54, 1.807) is 6.07 Å². The van der Waals surface area contributed by atoms with Crippen molar-refractivity contribution in [1.29, 1.82) is 0 Å². The summed E-state index contributed by atoms with van der Waals surface area (Å²) in [5.74, 6) is -2.76. The van der Waals surface area contributed by atoms with Gasteiger partial charge in [-0.15, -0.1) is 0 Å². The van der Waals surface area contributed by atoms with Gasteiger partial charge in [0.15, 0.2) is 0 Å². The number of aliphatic hydroxyl groups is 1. The number of carbonyl (C=O) groups excluding carboxylic acids is 3. The molecular weight excluding hydrogens is 612 g/mol. The first-order valence-corrected chi connectivity index (χ1v) is 16.1. The molecule has 1 fully saturated rings. The van der Waals surface area contributed by atoms with Gasteiger partial charge in [-0.1, -0.05) is 30.4 Å². The summed E-state index contributed by atoms with van der Waals surface area (Å²) in [6.07, 6.45) is 7.78. The molecule has 15 heteroatoms. The number of aromatic nitrogens is 2. The predicted octanol–water partition coefficient (Wildman–Crippen LogP) is 2.37. The molecule has 2 heterocycles. The van der Waals surface area contributed by atoms with Crippen LogP contribution in [0, 0.1) is 17.0 Å². The number of esters is 3. The zero-order valence-electron chi connectivity index (χ0n) is 24.7. The molecule has 0 saturated heterocycles. The predicted molar refractivity (Wildman–Crippen MR) is 153 cm³/mol. The van der Waals surface area contributed by atoms with Gasteiger partial charge in [-0.05, 0) is 74.0 Å². The average Bonchev–Trinajstić information content (AvgIpc) is 3.59. The Kier molecular flexibility index (Phi) is 11.7. The van der Waals surface area contributed by atoms with Crippen LogP contribution in [-0.2, 0) is 38.4 Å². The molecule has 14 nitrogen and oxygen atoms in total. The number of aliphatic hydroxyl groups excluding tert-OH is 1. The fourth-order valence-corrected chi connectivity index (χ4v) is 6.52. The summed E-state index contributed by atoms with van der Waals surface area (Å²) in [4.78, 5) is 36.2. The van der Waals surface area contributed by atoms with Gasteiger partial charge in [-0.25, -0.2) is 13.2 Å². The Labute approximate surface area is 260 Å². The van der Waals surface area contributed by atoms with Crippen molar-refractivity contribution >= 4 is 27.7 Å². The summed E-state index contributed by atoms with van der Waals surface area (Å²) >= 11 is 0. The third-order valence-corrected chi connectivity index (χ3v) is 9.17. The Hall–Kier alpha value is -4.24. The van der Waals surface area contributed by atoms with E-state index in [0.717, 1.165) is 19.3 Å². The Balaban J connectivity index is 1.21. The molecule has 1 aromatic heterocycles. The second-order valence-corrected chi connectivity index (χ2v) is 12.7. The van der Waals surface area contributed by atoms with Gasteiger partial charge in [0.2, 0.25) is 0 Å². The van der Waals surface area contributed by atoms with Crippen molar-refractivity contribution in [3.8, 4) is 5.88 Å². The van der Waals surface area contributed by atoms with Crippen LogP contribution in [0.15, 0.2) is 69.2 Å². The molecule has 2 aromatic rings. The van der Waals surface area contributed by atoms with Crippen molar-refractivity contribution < 1.29 is 56.4 Å². The fourth-order valence-electron chi connectivity index (χ4n) is 5.23. The normalized spacial score (nSPS) is 25.4. The smallest absolute Gasteiger partial charge is 0.415 e. The van der Waals surface area contributed by atoms with E-state index in [1.165, 1.54) is 36.4 Å². The number of fused-ring (bicyclic) bond motifs is 1. The van der Waals surface area contributed by atoms with Gasteiger partial charge in [-0.3, -0.25) is 14.2 Å². The number of hydrogen-bond acceptors (Lipinski definition) is 13. The van der Waals surface area contributed by atoms with Gasteiger partial charge >= 0.3 is 28.8 Å². The number of ether oxygens (including phenoxy) is 4. The van der Waals surface area contributed by atoms with Crippen LogP contribution < -0.4 is 9.64 Å². The van der Waals surface area contributed by atoms with Crippen molar-refractivity contribution in [2.75, 3.05) is 13.2 Å². The number of carbonyl (C=O) groups is 3. The van der Waals surface area contributed by atoms with Crippen LogP contribution in [0.25, 0.3) is 0 Å². The van der Waals surface area contributed by atoms with E-state index in [-0.39, 0.29) is 53.8 Å². The molecule has 0 unspecified atom stereocenters. The number of rotatable bonds is 10. The van der Waals surface area contributed by atoms with Crippen LogP contribution in [0.1, 0.15) is 51.9 Å². The first-order valence-electron chi connectivity index (χ1n) is 14.7. The molecule has 244 valence electrons. The molecule has 1 aliphatic carbocycles. The molecular formula is C30H36N2O12S. The highest BCUT2D eigenvalue weighted by Crippen LogP contribution is 2.38. The zero-order chi connectivity index (χ0) is 32.4. The van der Waals surface area contributed by atoms with E-state index in [2.05, 4.69) is 9.79 Å². The van der Waals surface area contributed by atoms with Crippen LogP contribution in [-0.4, -0.2) is 68.1 Å². The van der Waals surface area contributed by atoms with Crippen molar-refractivity contribution in [2.24, 2.45) is 11.8 Å². The Morgan fingerprint density at radius 2 is 1.87 bits per heavy atom. The molecule has 4 rings (SSSR count). The maximum Gasteiger partial charge on any atom is 0.415 e. The summed E-state index contributed by atoms with van der Waals surface area (Å²) in [6, 6.07) is 7.17. The molecule has 1 N–H and O–H groups in total. The summed E-state index contributed by atoms with van der Waals surface area (Å²) in [5, 5.41) is 25.2. The fraction of sp³-hybridized carbons (Fsp3) is 0.500. The molecule has 0 amide bonds. The highest BCUT2D eigenvalue weighted by atomic mass is 32.2. The molecule has 0 spiro atoms. The Morgan fingerprint density at radius 3 is 2.64 bits per heavy atom. The lowest BCUT2D eigenvalue weighted by atomic mass is 9.90. The van der Waals surface area contributed by atoms with Crippen LogP contribution in [0.3, 0.4) is 0 Å². The van der Waals surface area contributed by atoms with E-state index >= 15 is 0 Å². The van der Waals surface area contributed by atoms with E-state index in [0.29, 0.717) is 12.8 Å². The number of hydrogen-bond donors (Lipinski definition) is 1. The lowest BCUT2D eigenvalue weighted by molar-refractivity contribution is -0.832. The van der Waals surface area contributed by atoms with Crippen molar-refractivity contribution in [3.63, 3.8) is 0 Å². The van der Waals surface area contributed by atoms with E-state index in [1.807, 2.05) is 19.1 Å². The highest BCUT2D eigenvalue weighted by molar-refractivity contribution is 7.91. The Bertz CT molecular complexity index is 1490. The monoisotopic (exact) mass is 648 g/mol. The van der Waals surface area contributed by atoms with Crippen LogP contribution in [0.5, 0.6) is 5.88 Å². The summed E-state index contributed by atoms with van der Waals surface area (Å²) in [7, 11) is -4.29. The number of benzene rings is 1. The van der Waals surface area contributed by atoms with Gasteiger partial charge in [0.1, 0.15) is 19.3 Å². The largest absolute Gasteiger partial charge is 0.462 e. The van der Waals surface area contributed by atoms with Crippen molar-refractivity contribution in [1.82, 2.24) is 5.16 Å². The third kappa shape index (κ3) is 9.38.